The molecule has 0 aliphatic heterocycles. The minimum Gasteiger partial charge on any atom is -0.294 e. The number of ketones is 1. The van der Waals surface area contributed by atoms with E-state index < -0.39 is 0 Å². The first-order valence-corrected chi connectivity index (χ1v) is 5.15. The average molecular weight is 184 g/mol. The molecule has 1 heteroatoms. The second kappa shape index (κ2) is 2.81. The van der Waals surface area contributed by atoms with Gasteiger partial charge in [0.25, 0.3) is 0 Å². The highest BCUT2D eigenvalue weighted by Crippen LogP contribution is 2.37. The third kappa shape index (κ3) is 1.20. The molecule has 0 aromatic heterocycles. The predicted octanol–water partition coefficient (Wildman–Crippen LogP) is 2.91. The van der Waals surface area contributed by atoms with Crippen molar-refractivity contribution < 1.29 is 4.79 Å². The number of fused-ring (bicyclic) bond motifs is 1. The summed E-state index contributed by atoms with van der Waals surface area (Å²) in [5.74, 6) is 0.307. The van der Waals surface area contributed by atoms with E-state index in [-0.39, 0.29) is 0 Å². The molecule has 1 aromatic carbocycles. The number of rotatable bonds is 0. The molecule has 0 spiro atoms. The van der Waals surface area contributed by atoms with Crippen molar-refractivity contribution in [2.75, 3.05) is 0 Å². The molecule has 0 radical (unpaired) electrons. The smallest absolute Gasteiger partial charge is 0.167 e. The first-order valence-electron chi connectivity index (χ1n) is 5.15. The van der Waals surface area contributed by atoms with Crippen LogP contribution in [0.15, 0.2) is 35.4 Å². The van der Waals surface area contributed by atoms with Gasteiger partial charge in [-0.15, -0.1) is 0 Å². The minimum absolute atomic E-state index is 0.307. The maximum Gasteiger partial charge on any atom is 0.167 e. The summed E-state index contributed by atoms with van der Waals surface area (Å²) < 4.78 is 0. The Balaban J connectivity index is 2.08. The summed E-state index contributed by atoms with van der Waals surface area (Å²) in [5.41, 5.74) is 5.09. The number of Topliss-reactive ketones (excluding diaryl/α,β-unsaturated/α-hetero) is 1. The van der Waals surface area contributed by atoms with Gasteiger partial charge in [0, 0.05) is 12.0 Å². The van der Waals surface area contributed by atoms with E-state index in [0.717, 1.165) is 12.0 Å². The summed E-state index contributed by atoms with van der Waals surface area (Å²) in [6.07, 6.45) is 4.14. The Kier molecular flexibility index (Phi) is 1.60. The van der Waals surface area contributed by atoms with E-state index in [9.17, 15) is 4.79 Å². The van der Waals surface area contributed by atoms with Crippen LogP contribution in [0.25, 0.3) is 0 Å². The van der Waals surface area contributed by atoms with E-state index in [1.54, 1.807) is 0 Å². The van der Waals surface area contributed by atoms with Gasteiger partial charge >= 0.3 is 0 Å². The van der Waals surface area contributed by atoms with Gasteiger partial charge in [0.2, 0.25) is 0 Å². The third-order valence-electron chi connectivity index (χ3n) is 3.10. The molecule has 0 unspecified atom stereocenters. The van der Waals surface area contributed by atoms with E-state index in [0.29, 0.717) is 12.2 Å². The van der Waals surface area contributed by atoms with Crippen molar-refractivity contribution in [1.29, 1.82) is 0 Å². The van der Waals surface area contributed by atoms with Crippen molar-refractivity contribution >= 4 is 5.78 Å². The Morgan fingerprint density at radius 1 is 0.929 bits per heavy atom. The topological polar surface area (TPSA) is 17.1 Å². The lowest BCUT2D eigenvalue weighted by atomic mass is 9.86. The fourth-order valence-corrected chi connectivity index (χ4v) is 2.19. The summed E-state index contributed by atoms with van der Waals surface area (Å²) in [4.78, 5) is 11.8. The average Bonchev–Trinajstić information content (AvgIpc) is 3.01. The van der Waals surface area contributed by atoms with E-state index in [4.69, 9.17) is 0 Å². The predicted molar refractivity (Wildman–Crippen MR) is 55.4 cm³/mol. The molecule has 0 bridgehead atoms. The molecular weight excluding hydrogens is 172 g/mol. The Morgan fingerprint density at radius 3 is 2.50 bits per heavy atom. The van der Waals surface area contributed by atoms with Gasteiger partial charge in [0.1, 0.15) is 0 Å². The summed E-state index contributed by atoms with van der Waals surface area (Å²) in [7, 11) is 0. The molecule has 1 fully saturated rings. The maximum absolute atomic E-state index is 11.8. The number of benzene rings is 1. The van der Waals surface area contributed by atoms with Crippen LogP contribution in [0.4, 0.5) is 0 Å². The molecule has 0 atom stereocenters. The van der Waals surface area contributed by atoms with Gasteiger partial charge in [-0.2, -0.15) is 0 Å². The summed E-state index contributed by atoms with van der Waals surface area (Å²) >= 11 is 0. The zero-order valence-electron chi connectivity index (χ0n) is 8.05. The van der Waals surface area contributed by atoms with Crippen LogP contribution in [0, 0.1) is 0 Å². The van der Waals surface area contributed by atoms with Crippen molar-refractivity contribution in [3.63, 3.8) is 0 Å². The summed E-state index contributed by atoms with van der Waals surface area (Å²) in [6, 6.07) is 8.00. The fraction of sp³-hybridized carbons (Fsp3) is 0.308. The molecule has 2 aliphatic carbocycles. The quantitative estimate of drug-likeness (QED) is 0.566. The molecule has 1 saturated carbocycles. The zero-order chi connectivity index (χ0) is 9.54. The molecular formula is C13H12O. The molecule has 0 amide bonds. The molecule has 14 heavy (non-hydrogen) atoms. The van der Waals surface area contributed by atoms with Crippen LogP contribution in [0.5, 0.6) is 0 Å². The largest absolute Gasteiger partial charge is 0.294 e. The first kappa shape index (κ1) is 7.98. The number of allylic oxidation sites excluding steroid dienone is 2. The number of carbonyl (C=O) groups is 1. The molecule has 2 aliphatic rings. The number of carbonyl (C=O) groups excluding carboxylic acids is 1. The van der Waals surface area contributed by atoms with Gasteiger partial charge in [0.05, 0.1) is 0 Å². The second-order valence-electron chi connectivity index (χ2n) is 4.14. The van der Waals surface area contributed by atoms with Gasteiger partial charge < -0.3 is 0 Å². The molecule has 0 heterocycles. The lowest BCUT2D eigenvalue weighted by molar-refractivity contribution is 0.0987. The Bertz CT molecular complexity index is 434. The molecule has 1 nitrogen and oxygen atoms in total. The van der Waals surface area contributed by atoms with Crippen LogP contribution in [-0.2, 0) is 6.42 Å². The zero-order valence-corrected chi connectivity index (χ0v) is 8.05. The standard InChI is InChI=1S/C13H12O/c14-13-8-11(9-5-6-9)7-10-3-1-2-4-12(10)13/h1-4H,5-8H2. The fourth-order valence-electron chi connectivity index (χ4n) is 2.19. The van der Waals surface area contributed by atoms with Crippen LogP contribution in [0.2, 0.25) is 0 Å². The summed E-state index contributed by atoms with van der Waals surface area (Å²) in [5, 5.41) is 0. The molecule has 3 rings (SSSR count). The molecule has 0 saturated heterocycles. The van der Waals surface area contributed by atoms with Crippen LogP contribution < -0.4 is 0 Å². The minimum atomic E-state index is 0.307. The molecule has 70 valence electrons. The van der Waals surface area contributed by atoms with Gasteiger partial charge in [-0.3, -0.25) is 4.79 Å². The van der Waals surface area contributed by atoms with Crippen molar-refractivity contribution in [2.24, 2.45) is 0 Å². The van der Waals surface area contributed by atoms with E-state index in [2.05, 4.69) is 6.07 Å². The summed E-state index contributed by atoms with van der Waals surface area (Å²) in [6.45, 7) is 0. The second-order valence-corrected chi connectivity index (χ2v) is 4.14. The Hall–Kier alpha value is -1.37. The molecule has 1 aromatic rings. The monoisotopic (exact) mass is 184 g/mol. The van der Waals surface area contributed by atoms with Crippen LogP contribution in [0.1, 0.15) is 35.2 Å². The highest BCUT2D eigenvalue weighted by atomic mass is 16.1. The van der Waals surface area contributed by atoms with Gasteiger partial charge in [-0.05, 0) is 24.8 Å². The highest BCUT2D eigenvalue weighted by Gasteiger charge is 2.25. The Labute approximate surface area is 83.4 Å². The van der Waals surface area contributed by atoms with Crippen LogP contribution in [-0.4, -0.2) is 5.78 Å². The van der Waals surface area contributed by atoms with Crippen molar-refractivity contribution in [1.82, 2.24) is 0 Å². The third-order valence-corrected chi connectivity index (χ3v) is 3.10. The normalized spacial score (nSPS) is 19.6. The van der Waals surface area contributed by atoms with Crippen LogP contribution in [0.3, 0.4) is 0 Å². The van der Waals surface area contributed by atoms with Crippen molar-refractivity contribution in [3.05, 3.63) is 46.5 Å². The van der Waals surface area contributed by atoms with Crippen molar-refractivity contribution in [2.45, 2.75) is 25.7 Å². The SMILES string of the molecule is O=C1CC(=C2CC2)Cc2ccccc21. The number of hydrogen-bond acceptors (Lipinski definition) is 1. The Morgan fingerprint density at radius 2 is 1.71 bits per heavy atom. The molecule has 0 N–H and O–H groups in total. The van der Waals surface area contributed by atoms with E-state index in [1.807, 2.05) is 18.2 Å². The lowest BCUT2D eigenvalue weighted by Gasteiger charge is -2.17. The van der Waals surface area contributed by atoms with E-state index >= 15 is 0 Å². The van der Waals surface area contributed by atoms with Gasteiger partial charge in [-0.25, -0.2) is 0 Å². The first-order chi connectivity index (χ1) is 6.84. The maximum atomic E-state index is 11.8. The number of hydrogen-bond donors (Lipinski definition) is 0. The lowest BCUT2D eigenvalue weighted by Crippen LogP contribution is -2.12. The highest BCUT2D eigenvalue weighted by molar-refractivity contribution is 6.00. The van der Waals surface area contributed by atoms with E-state index in [1.165, 1.54) is 29.6 Å². The van der Waals surface area contributed by atoms with Gasteiger partial charge in [-0.1, -0.05) is 35.4 Å². The van der Waals surface area contributed by atoms with Crippen molar-refractivity contribution in [3.8, 4) is 0 Å². The van der Waals surface area contributed by atoms with Crippen LogP contribution >= 0.6 is 0 Å². The van der Waals surface area contributed by atoms with Gasteiger partial charge in [0.15, 0.2) is 5.78 Å².